The van der Waals surface area contributed by atoms with Crippen LogP contribution in [0.3, 0.4) is 0 Å². The number of nitrogens with one attached hydrogen (secondary N) is 1. The first-order valence-electron chi connectivity index (χ1n) is 10.9. The zero-order valence-corrected chi connectivity index (χ0v) is 17.7. The van der Waals surface area contributed by atoms with Crippen molar-refractivity contribution in [2.75, 3.05) is 11.9 Å². The SMILES string of the molecule is CCCCOC(=O)c1c(NC(=O)C2C3CCC(C3)C2C(=O)O)sc2c1CCCC2. The molecule has 1 amide bonds. The Morgan fingerprint density at radius 3 is 2.59 bits per heavy atom. The van der Waals surface area contributed by atoms with Crippen molar-refractivity contribution in [3.8, 4) is 0 Å². The number of anilines is 1. The van der Waals surface area contributed by atoms with Crippen LogP contribution in [0.2, 0.25) is 0 Å². The molecule has 3 aliphatic carbocycles. The lowest BCUT2D eigenvalue weighted by molar-refractivity contribution is -0.148. The Morgan fingerprint density at radius 2 is 1.86 bits per heavy atom. The Bertz CT molecular complexity index is 816. The molecule has 2 bridgehead atoms. The fourth-order valence-electron chi connectivity index (χ4n) is 5.47. The summed E-state index contributed by atoms with van der Waals surface area (Å²) in [5.74, 6) is -2.36. The van der Waals surface area contributed by atoms with E-state index in [1.54, 1.807) is 0 Å². The lowest BCUT2D eigenvalue weighted by Crippen LogP contribution is -2.38. The van der Waals surface area contributed by atoms with Gasteiger partial charge >= 0.3 is 11.9 Å². The molecule has 4 atom stereocenters. The third-order valence-corrected chi connectivity index (χ3v) is 8.05. The molecule has 1 heterocycles. The van der Waals surface area contributed by atoms with Crippen molar-refractivity contribution in [1.82, 2.24) is 0 Å². The van der Waals surface area contributed by atoms with Crippen molar-refractivity contribution >= 4 is 34.2 Å². The Kier molecular flexibility index (Phi) is 5.95. The van der Waals surface area contributed by atoms with Crippen LogP contribution in [0.5, 0.6) is 0 Å². The molecule has 6 nitrogen and oxygen atoms in total. The molecule has 4 rings (SSSR count). The zero-order valence-electron chi connectivity index (χ0n) is 16.9. The fourth-order valence-corrected chi connectivity index (χ4v) is 6.75. The Hall–Kier alpha value is -1.89. The smallest absolute Gasteiger partial charge is 0.341 e. The number of amides is 1. The van der Waals surface area contributed by atoms with Gasteiger partial charge in [0.2, 0.25) is 5.91 Å². The van der Waals surface area contributed by atoms with E-state index in [0.717, 1.165) is 68.2 Å². The summed E-state index contributed by atoms with van der Waals surface area (Å²) >= 11 is 1.47. The van der Waals surface area contributed by atoms with Crippen LogP contribution in [0, 0.1) is 23.7 Å². The molecule has 2 saturated carbocycles. The van der Waals surface area contributed by atoms with Crippen LogP contribution in [-0.4, -0.2) is 29.6 Å². The minimum atomic E-state index is -0.873. The summed E-state index contributed by atoms with van der Waals surface area (Å²) < 4.78 is 5.47. The van der Waals surface area contributed by atoms with E-state index in [1.165, 1.54) is 11.3 Å². The van der Waals surface area contributed by atoms with E-state index in [0.29, 0.717) is 17.2 Å². The van der Waals surface area contributed by atoms with Gasteiger partial charge in [-0.3, -0.25) is 9.59 Å². The third-order valence-electron chi connectivity index (χ3n) is 6.85. The minimum absolute atomic E-state index is 0.100. The van der Waals surface area contributed by atoms with Crippen LogP contribution in [0.25, 0.3) is 0 Å². The number of ether oxygens (including phenoxy) is 1. The van der Waals surface area contributed by atoms with Gasteiger partial charge in [0.1, 0.15) is 5.00 Å². The summed E-state index contributed by atoms with van der Waals surface area (Å²) in [7, 11) is 0. The van der Waals surface area contributed by atoms with Crippen LogP contribution in [0.15, 0.2) is 0 Å². The summed E-state index contributed by atoms with van der Waals surface area (Å²) in [6.07, 6.45) is 8.24. The van der Waals surface area contributed by atoms with Crippen molar-refractivity contribution in [2.45, 2.75) is 64.7 Å². The topological polar surface area (TPSA) is 92.7 Å². The average molecular weight is 420 g/mol. The van der Waals surface area contributed by atoms with Crippen LogP contribution >= 0.6 is 11.3 Å². The van der Waals surface area contributed by atoms with Gasteiger partial charge in [-0.1, -0.05) is 13.3 Å². The Labute approximate surface area is 175 Å². The lowest BCUT2D eigenvalue weighted by atomic mass is 9.78. The highest BCUT2D eigenvalue weighted by molar-refractivity contribution is 7.17. The van der Waals surface area contributed by atoms with E-state index in [-0.39, 0.29) is 23.7 Å². The van der Waals surface area contributed by atoms with Gasteiger partial charge in [-0.25, -0.2) is 4.79 Å². The van der Waals surface area contributed by atoms with Crippen molar-refractivity contribution in [1.29, 1.82) is 0 Å². The first-order chi connectivity index (χ1) is 14.0. The number of carboxylic acid groups (broad SMARTS) is 1. The maximum atomic E-state index is 13.1. The van der Waals surface area contributed by atoms with Gasteiger partial charge < -0.3 is 15.2 Å². The second-order valence-electron chi connectivity index (χ2n) is 8.62. The number of unbranched alkanes of at least 4 members (excludes halogenated alkanes) is 1. The van der Waals surface area contributed by atoms with Gasteiger partial charge in [0.25, 0.3) is 0 Å². The molecule has 1 aromatic heterocycles. The molecular formula is C22H29NO5S. The number of carbonyl (C=O) groups excluding carboxylic acids is 2. The molecule has 2 N–H and O–H groups in total. The monoisotopic (exact) mass is 419 g/mol. The highest BCUT2D eigenvalue weighted by atomic mass is 32.1. The summed E-state index contributed by atoms with van der Waals surface area (Å²) in [4.78, 5) is 38.9. The van der Waals surface area contributed by atoms with Crippen LogP contribution < -0.4 is 5.32 Å². The Balaban J connectivity index is 1.58. The predicted octanol–water partition coefficient (Wildman–Crippen LogP) is 4.27. The number of carboxylic acids is 1. The molecule has 0 saturated heterocycles. The molecular weight excluding hydrogens is 390 g/mol. The average Bonchev–Trinajstić information content (AvgIpc) is 3.40. The molecule has 7 heteroatoms. The second kappa shape index (κ2) is 8.46. The number of rotatable bonds is 7. The lowest BCUT2D eigenvalue weighted by Gasteiger charge is -2.27. The largest absolute Gasteiger partial charge is 0.481 e. The molecule has 158 valence electrons. The first-order valence-corrected chi connectivity index (χ1v) is 11.7. The van der Waals surface area contributed by atoms with Crippen LogP contribution in [0.4, 0.5) is 5.00 Å². The van der Waals surface area contributed by atoms with Crippen molar-refractivity contribution in [3.05, 3.63) is 16.0 Å². The van der Waals surface area contributed by atoms with Crippen molar-refractivity contribution in [3.63, 3.8) is 0 Å². The number of esters is 1. The second-order valence-corrected chi connectivity index (χ2v) is 9.72. The molecule has 0 spiro atoms. The number of carbonyl (C=O) groups is 3. The van der Waals surface area contributed by atoms with E-state index in [9.17, 15) is 19.5 Å². The summed E-state index contributed by atoms with van der Waals surface area (Å²) in [5, 5.41) is 13.2. The summed E-state index contributed by atoms with van der Waals surface area (Å²) in [6, 6.07) is 0. The highest BCUT2D eigenvalue weighted by Crippen LogP contribution is 2.53. The number of aryl methyl sites for hydroxylation is 1. The molecule has 3 aliphatic rings. The molecule has 29 heavy (non-hydrogen) atoms. The number of hydrogen-bond donors (Lipinski definition) is 2. The van der Waals surface area contributed by atoms with Gasteiger partial charge in [-0.2, -0.15) is 0 Å². The predicted molar refractivity (Wildman–Crippen MR) is 110 cm³/mol. The number of hydrogen-bond acceptors (Lipinski definition) is 5. The quantitative estimate of drug-likeness (QED) is 0.509. The van der Waals surface area contributed by atoms with Crippen LogP contribution in [-0.2, 0) is 27.2 Å². The van der Waals surface area contributed by atoms with E-state index in [4.69, 9.17) is 4.74 Å². The van der Waals surface area contributed by atoms with E-state index < -0.39 is 17.8 Å². The highest BCUT2D eigenvalue weighted by Gasteiger charge is 2.54. The number of thiophene rings is 1. The summed E-state index contributed by atoms with van der Waals surface area (Å²) in [6.45, 7) is 2.42. The van der Waals surface area contributed by atoms with E-state index in [2.05, 4.69) is 5.32 Å². The maximum absolute atomic E-state index is 13.1. The third kappa shape index (κ3) is 3.81. The zero-order chi connectivity index (χ0) is 20.5. The van der Waals surface area contributed by atoms with Crippen molar-refractivity contribution < 1.29 is 24.2 Å². The first kappa shape index (κ1) is 20.4. The number of fused-ring (bicyclic) bond motifs is 3. The van der Waals surface area contributed by atoms with E-state index in [1.807, 2.05) is 6.92 Å². The van der Waals surface area contributed by atoms with Gasteiger partial charge in [0, 0.05) is 4.88 Å². The summed E-state index contributed by atoms with van der Waals surface area (Å²) in [5.41, 5.74) is 1.52. The van der Waals surface area contributed by atoms with Gasteiger partial charge in [0.15, 0.2) is 0 Å². The molecule has 4 unspecified atom stereocenters. The van der Waals surface area contributed by atoms with Gasteiger partial charge in [-0.05, 0) is 68.8 Å². The maximum Gasteiger partial charge on any atom is 0.341 e. The standard InChI is InChI=1S/C22H29NO5S/c1-2-3-10-28-22(27)18-14-6-4-5-7-15(14)29-20(18)23-19(24)16-12-8-9-13(11-12)17(16)21(25)26/h12-13,16-17H,2-11H2,1H3,(H,23,24)(H,25,26). The van der Waals surface area contributed by atoms with E-state index >= 15 is 0 Å². The normalized spacial score (nSPS) is 27.5. The van der Waals surface area contributed by atoms with Gasteiger partial charge in [0.05, 0.1) is 24.0 Å². The molecule has 1 aromatic rings. The Morgan fingerprint density at radius 1 is 1.14 bits per heavy atom. The van der Waals surface area contributed by atoms with Gasteiger partial charge in [-0.15, -0.1) is 11.3 Å². The molecule has 0 aliphatic heterocycles. The minimum Gasteiger partial charge on any atom is -0.481 e. The molecule has 0 radical (unpaired) electrons. The molecule has 0 aromatic carbocycles. The van der Waals surface area contributed by atoms with Crippen LogP contribution in [0.1, 0.15) is 72.7 Å². The van der Waals surface area contributed by atoms with Crippen molar-refractivity contribution in [2.24, 2.45) is 23.7 Å². The molecule has 2 fully saturated rings. The number of aliphatic carboxylic acids is 1. The fraction of sp³-hybridized carbons (Fsp3) is 0.682.